The average Bonchev–Trinajstić information content (AvgIpc) is 2.02. The lowest BCUT2D eigenvalue weighted by atomic mass is 10.3. The lowest BCUT2D eigenvalue weighted by Crippen LogP contribution is -2.30. The molecule has 0 heterocycles. The van der Waals surface area contributed by atoms with Gasteiger partial charge in [0.15, 0.2) is 0 Å². The van der Waals surface area contributed by atoms with Gasteiger partial charge in [-0.25, -0.2) is 13.1 Å². The fourth-order valence-corrected chi connectivity index (χ4v) is 1.32. The maximum atomic E-state index is 11.1. The number of hydrogen-bond donors (Lipinski definition) is 2. The maximum Gasteiger partial charge on any atom is 0.221 e. The standard InChI is InChI=1S/C8H18N2O3S/c1-3-4-6-9-8(11)5-7-10-14(2,12)13/h10H,3-7H2,1-2H3,(H,9,11). The summed E-state index contributed by atoms with van der Waals surface area (Å²) in [5, 5.41) is 2.70. The molecule has 0 saturated heterocycles. The molecule has 0 aromatic rings. The van der Waals surface area contributed by atoms with E-state index in [1.54, 1.807) is 0 Å². The summed E-state index contributed by atoms with van der Waals surface area (Å²) in [6.07, 6.45) is 3.24. The number of carbonyl (C=O) groups is 1. The lowest BCUT2D eigenvalue weighted by Gasteiger charge is -2.04. The number of unbranched alkanes of at least 4 members (excludes halogenated alkanes) is 1. The quantitative estimate of drug-likeness (QED) is 0.588. The molecule has 0 aliphatic rings. The van der Waals surface area contributed by atoms with Gasteiger partial charge in [0.2, 0.25) is 15.9 Å². The normalized spacial score (nSPS) is 11.3. The van der Waals surface area contributed by atoms with E-state index >= 15 is 0 Å². The number of sulfonamides is 1. The first-order chi connectivity index (χ1) is 6.45. The minimum atomic E-state index is -3.17. The third-order valence-corrected chi connectivity index (χ3v) is 2.30. The zero-order chi connectivity index (χ0) is 11.0. The number of rotatable bonds is 7. The molecule has 0 bridgehead atoms. The van der Waals surface area contributed by atoms with Crippen LogP contribution < -0.4 is 10.0 Å². The average molecular weight is 222 g/mol. The van der Waals surface area contributed by atoms with Gasteiger partial charge in [-0.3, -0.25) is 4.79 Å². The second-order valence-corrected chi connectivity index (χ2v) is 4.95. The first-order valence-corrected chi connectivity index (χ1v) is 6.56. The van der Waals surface area contributed by atoms with Gasteiger partial charge >= 0.3 is 0 Å². The zero-order valence-corrected chi connectivity index (χ0v) is 9.49. The summed E-state index contributed by atoms with van der Waals surface area (Å²) >= 11 is 0. The third-order valence-electron chi connectivity index (χ3n) is 1.57. The Kier molecular flexibility index (Phi) is 6.48. The van der Waals surface area contributed by atoms with Gasteiger partial charge < -0.3 is 5.32 Å². The summed E-state index contributed by atoms with van der Waals surface area (Å²) in [6, 6.07) is 0. The van der Waals surface area contributed by atoms with Crippen LogP contribution >= 0.6 is 0 Å². The summed E-state index contributed by atoms with van der Waals surface area (Å²) in [6.45, 7) is 2.86. The molecule has 2 N–H and O–H groups in total. The predicted octanol–water partition coefficient (Wildman–Crippen LogP) is -0.158. The van der Waals surface area contributed by atoms with Crippen molar-refractivity contribution < 1.29 is 13.2 Å². The highest BCUT2D eigenvalue weighted by molar-refractivity contribution is 7.88. The van der Waals surface area contributed by atoms with E-state index in [0.29, 0.717) is 6.54 Å². The molecule has 0 saturated carbocycles. The van der Waals surface area contributed by atoms with Gasteiger partial charge in [0.05, 0.1) is 6.26 Å². The Bertz CT molecular complexity index is 262. The van der Waals surface area contributed by atoms with Crippen molar-refractivity contribution in [2.75, 3.05) is 19.3 Å². The van der Waals surface area contributed by atoms with Gasteiger partial charge in [-0.05, 0) is 6.42 Å². The highest BCUT2D eigenvalue weighted by Gasteiger charge is 2.03. The molecular weight excluding hydrogens is 204 g/mol. The van der Waals surface area contributed by atoms with E-state index in [-0.39, 0.29) is 18.9 Å². The number of amides is 1. The maximum absolute atomic E-state index is 11.1. The molecule has 1 amide bonds. The van der Waals surface area contributed by atoms with E-state index < -0.39 is 10.0 Å². The third kappa shape index (κ3) is 9.47. The molecule has 0 aromatic heterocycles. The fraction of sp³-hybridized carbons (Fsp3) is 0.875. The van der Waals surface area contributed by atoms with Gasteiger partial charge in [0.25, 0.3) is 0 Å². The van der Waals surface area contributed by atoms with Crippen LogP contribution in [0.3, 0.4) is 0 Å². The minimum Gasteiger partial charge on any atom is -0.356 e. The molecule has 0 rings (SSSR count). The van der Waals surface area contributed by atoms with Crippen LogP contribution in [0.15, 0.2) is 0 Å². The number of nitrogens with one attached hydrogen (secondary N) is 2. The van der Waals surface area contributed by atoms with Crippen LogP contribution in [0.1, 0.15) is 26.2 Å². The molecule has 0 aliphatic heterocycles. The molecular formula is C8H18N2O3S. The Labute approximate surface area is 85.3 Å². The molecule has 0 atom stereocenters. The molecule has 0 aromatic carbocycles. The topological polar surface area (TPSA) is 75.3 Å². The first kappa shape index (κ1) is 13.4. The zero-order valence-electron chi connectivity index (χ0n) is 8.67. The number of carbonyl (C=O) groups excluding carboxylic acids is 1. The van der Waals surface area contributed by atoms with Gasteiger partial charge in [0, 0.05) is 19.5 Å². The lowest BCUT2D eigenvalue weighted by molar-refractivity contribution is -0.120. The summed E-state index contributed by atoms with van der Waals surface area (Å²) in [5.74, 6) is -0.116. The van der Waals surface area contributed by atoms with Gasteiger partial charge in [0.1, 0.15) is 0 Å². The van der Waals surface area contributed by atoms with E-state index in [1.165, 1.54) is 0 Å². The van der Waals surface area contributed by atoms with Crippen LogP contribution in [-0.4, -0.2) is 33.7 Å². The second kappa shape index (κ2) is 6.78. The van der Waals surface area contributed by atoms with Crippen molar-refractivity contribution in [2.24, 2.45) is 0 Å². The predicted molar refractivity (Wildman–Crippen MR) is 55.4 cm³/mol. The van der Waals surface area contributed by atoms with Crippen molar-refractivity contribution in [3.05, 3.63) is 0 Å². The Balaban J connectivity index is 3.45. The Morgan fingerprint density at radius 2 is 1.93 bits per heavy atom. The molecule has 0 fully saturated rings. The van der Waals surface area contributed by atoms with E-state index in [2.05, 4.69) is 10.0 Å². The SMILES string of the molecule is CCCCNC(=O)CCNS(C)(=O)=O. The molecule has 84 valence electrons. The highest BCUT2D eigenvalue weighted by atomic mass is 32.2. The monoisotopic (exact) mass is 222 g/mol. The molecule has 6 heteroatoms. The van der Waals surface area contributed by atoms with Crippen molar-refractivity contribution in [3.8, 4) is 0 Å². The van der Waals surface area contributed by atoms with Crippen molar-refractivity contribution in [1.29, 1.82) is 0 Å². The number of hydrogen-bond acceptors (Lipinski definition) is 3. The summed E-state index contributed by atoms with van der Waals surface area (Å²) < 4.78 is 23.5. The highest BCUT2D eigenvalue weighted by Crippen LogP contribution is 1.85. The van der Waals surface area contributed by atoms with Crippen molar-refractivity contribution >= 4 is 15.9 Å². The van der Waals surface area contributed by atoms with Crippen molar-refractivity contribution in [1.82, 2.24) is 10.0 Å². The second-order valence-electron chi connectivity index (χ2n) is 3.12. The molecule has 0 unspecified atom stereocenters. The van der Waals surface area contributed by atoms with Crippen LogP contribution in [0, 0.1) is 0 Å². The van der Waals surface area contributed by atoms with Crippen LogP contribution in [0.5, 0.6) is 0 Å². The fourth-order valence-electron chi connectivity index (χ4n) is 0.843. The molecule has 0 radical (unpaired) electrons. The largest absolute Gasteiger partial charge is 0.356 e. The summed E-state index contributed by atoms with van der Waals surface area (Å²) in [5.41, 5.74) is 0. The van der Waals surface area contributed by atoms with Gasteiger partial charge in [-0.15, -0.1) is 0 Å². The Hall–Kier alpha value is -0.620. The van der Waals surface area contributed by atoms with Crippen LogP contribution in [0.25, 0.3) is 0 Å². The molecule has 0 aliphatic carbocycles. The Morgan fingerprint density at radius 1 is 1.29 bits per heavy atom. The van der Waals surface area contributed by atoms with Gasteiger partial charge in [-0.1, -0.05) is 13.3 Å². The van der Waals surface area contributed by atoms with E-state index in [9.17, 15) is 13.2 Å². The van der Waals surface area contributed by atoms with Gasteiger partial charge in [-0.2, -0.15) is 0 Å². The van der Waals surface area contributed by atoms with E-state index in [1.807, 2.05) is 6.92 Å². The van der Waals surface area contributed by atoms with Crippen LogP contribution in [0.4, 0.5) is 0 Å². The smallest absolute Gasteiger partial charge is 0.221 e. The summed E-state index contributed by atoms with van der Waals surface area (Å²) in [4.78, 5) is 11.1. The first-order valence-electron chi connectivity index (χ1n) is 4.67. The molecule has 0 spiro atoms. The molecule has 5 nitrogen and oxygen atoms in total. The van der Waals surface area contributed by atoms with Crippen LogP contribution in [-0.2, 0) is 14.8 Å². The van der Waals surface area contributed by atoms with E-state index in [0.717, 1.165) is 19.1 Å². The van der Waals surface area contributed by atoms with Crippen molar-refractivity contribution in [3.63, 3.8) is 0 Å². The minimum absolute atomic E-state index is 0.116. The Morgan fingerprint density at radius 3 is 2.43 bits per heavy atom. The van der Waals surface area contributed by atoms with Crippen LogP contribution in [0.2, 0.25) is 0 Å². The van der Waals surface area contributed by atoms with E-state index in [4.69, 9.17) is 0 Å². The summed E-state index contributed by atoms with van der Waals surface area (Å²) in [7, 11) is -3.17. The molecule has 14 heavy (non-hydrogen) atoms. The van der Waals surface area contributed by atoms with Crippen molar-refractivity contribution in [2.45, 2.75) is 26.2 Å².